The lowest BCUT2D eigenvalue weighted by molar-refractivity contribution is -0.123. The SMILES string of the molecule is C[C@@H](OC(=O)c1ccc(N)cc1)C(=O)Nc1ccc2c(c1)OCCO2. The molecule has 3 N–H and O–H groups in total. The number of amides is 1. The summed E-state index contributed by atoms with van der Waals surface area (Å²) in [4.78, 5) is 24.3. The number of hydrogen-bond acceptors (Lipinski definition) is 6. The number of carbonyl (C=O) groups excluding carboxylic acids is 2. The maximum Gasteiger partial charge on any atom is 0.338 e. The summed E-state index contributed by atoms with van der Waals surface area (Å²) >= 11 is 0. The fourth-order valence-corrected chi connectivity index (χ4v) is 2.27. The molecule has 7 nitrogen and oxygen atoms in total. The molecule has 130 valence electrons. The van der Waals surface area contributed by atoms with Gasteiger partial charge in [-0.25, -0.2) is 4.79 Å². The Balaban J connectivity index is 1.60. The average molecular weight is 342 g/mol. The standard InChI is InChI=1S/C18H18N2O5/c1-11(25-18(22)12-2-4-13(19)5-3-12)17(21)20-14-6-7-15-16(10-14)24-9-8-23-15/h2-7,10-11H,8-9,19H2,1H3,(H,20,21)/t11-/m1/s1. The maximum atomic E-state index is 12.2. The van der Waals surface area contributed by atoms with Gasteiger partial charge in [-0.15, -0.1) is 0 Å². The van der Waals surface area contributed by atoms with E-state index in [9.17, 15) is 9.59 Å². The molecule has 25 heavy (non-hydrogen) atoms. The fraction of sp³-hybridized carbons (Fsp3) is 0.222. The first-order valence-corrected chi connectivity index (χ1v) is 7.80. The van der Waals surface area contributed by atoms with E-state index in [0.29, 0.717) is 41.7 Å². The van der Waals surface area contributed by atoms with Gasteiger partial charge in [-0.3, -0.25) is 4.79 Å². The Bertz CT molecular complexity index is 789. The Morgan fingerprint density at radius 1 is 1.08 bits per heavy atom. The summed E-state index contributed by atoms with van der Waals surface area (Å²) in [6.07, 6.45) is -0.960. The number of rotatable bonds is 4. The Kier molecular flexibility index (Phi) is 4.74. The molecule has 0 aromatic heterocycles. The van der Waals surface area contributed by atoms with Crippen molar-refractivity contribution in [3.63, 3.8) is 0 Å². The number of fused-ring (bicyclic) bond motifs is 1. The Hall–Kier alpha value is -3.22. The van der Waals surface area contributed by atoms with Crippen molar-refractivity contribution < 1.29 is 23.8 Å². The summed E-state index contributed by atoms with van der Waals surface area (Å²) in [6.45, 7) is 2.46. The van der Waals surface area contributed by atoms with E-state index in [4.69, 9.17) is 19.9 Å². The van der Waals surface area contributed by atoms with E-state index >= 15 is 0 Å². The molecule has 2 aromatic carbocycles. The van der Waals surface area contributed by atoms with Gasteiger partial charge in [0, 0.05) is 17.4 Å². The first-order valence-electron chi connectivity index (χ1n) is 7.80. The van der Waals surface area contributed by atoms with Crippen LogP contribution in [0, 0.1) is 0 Å². The van der Waals surface area contributed by atoms with Crippen LogP contribution in [-0.4, -0.2) is 31.2 Å². The largest absolute Gasteiger partial charge is 0.486 e. The van der Waals surface area contributed by atoms with Crippen molar-refractivity contribution >= 4 is 23.3 Å². The molecule has 0 saturated heterocycles. The number of hydrogen-bond donors (Lipinski definition) is 2. The third-order valence-corrected chi connectivity index (χ3v) is 3.61. The first kappa shape index (κ1) is 16.6. The molecule has 1 aliphatic rings. The van der Waals surface area contributed by atoms with Gasteiger partial charge >= 0.3 is 5.97 Å². The number of esters is 1. The van der Waals surface area contributed by atoms with Crippen LogP contribution in [0.3, 0.4) is 0 Å². The smallest absolute Gasteiger partial charge is 0.338 e. The molecule has 0 bridgehead atoms. The Morgan fingerprint density at radius 3 is 2.48 bits per heavy atom. The number of anilines is 2. The quantitative estimate of drug-likeness (QED) is 0.653. The molecular weight excluding hydrogens is 324 g/mol. The fourth-order valence-electron chi connectivity index (χ4n) is 2.27. The summed E-state index contributed by atoms with van der Waals surface area (Å²) in [7, 11) is 0. The van der Waals surface area contributed by atoms with E-state index in [2.05, 4.69) is 5.32 Å². The molecule has 0 aliphatic carbocycles. The van der Waals surface area contributed by atoms with E-state index < -0.39 is 18.0 Å². The number of nitrogens with one attached hydrogen (secondary N) is 1. The lowest BCUT2D eigenvalue weighted by Gasteiger charge is -2.19. The zero-order chi connectivity index (χ0) is 17.8. The number of benzene rings is 2. The summed E-state index contributed by atoms with van der Waals surface area (Å²) < 4.78 is 16.1. The normalized spacial score (nSPS) is 13.6. The van der Waals surface area contributed by atoms with Crippen molar-refractivity contribution in [3.05, 3.63) is 48.0 Å². The Labute approximate surface area is 144 Å². The predicted octanol–water partition coefficient (Wildman–Crippen LogP) is 2.22. The van der Waals surface area contributed by atoms with Gasteiger partial charge in [0.2, 0.25) is 0 Å². The number of ether oxygens (including phenoxy) is 3. The second-order valence-corrected chi connectivity index (χ2v) is 5.52. The zero-order valence-electron chi connectivity index (χ0n) is 13.7. The van der Waals surface area contributed by atoms with Gasteiger partial charge in [-0.1, -0.05) is 0 Å². The van der Waals surface area contributed by atoms with E-state index in [1.165, 1.54) is 6.92 Å². The molecule has 0 radical (unpaired) electrons. The van der Waals surface area contributed by atoms with Crippen LogP contribution in [0.25, 0.3) is 0 Å². The highest BCUT2D eigenvalue weighted by Gasteiger charge is 2.20. The van der Waals surface area contributed by atoms with Gasteiger partial charge in [0.05, 0.1) is 5.56 Å². The van der Waals surface area contributed by atoms with Gasteiger partial charge in [0.1, 0.15) is 13.2 Å². The number of nitrogen functional groups attached to an aromatic ring is 1. The van der Waals surface area contributed by atoms with Crippen molar-refractivity contribution in [2.75, 3.05) is 24.3 Å². The second-order valence-electron chi connectivity index (χ2n) is 5.52. The van der Waals surface area contributed by atoms with Crippen LogP contribution >= 0.6 is 0 Å². The van der Waals surface area contributed by atoms with Crippen LogP contribution in [0.1, 0.15) is 17.3 Å². The van der Waals surface area contributed by atoms with E-state index in [0.717, 1.165) is 0 Å². The van der Waals surface area contributed by atoms with Gasteiger partial charge in [-0.2, -0.15) is 0 Å². The van der Waals surface area contributed by atoms with Crippen LogP contribution < -0.4 is 20.5 Å². The lowest BCUT2D eigenvalue weighted by atomic mass is 10.2. The molecule has 1 heterocycles. The number of nitrogens with two attached hydrogens (primary N) is 1. The Morgan fingerprint density at radius 2 is 1.76 bits per heavy atom. The van der Waals surface area contributed by atoms with E-state index in [1.807, 2.05) is 0 Å². The van der Waals surface area contributed by atoms with Gasteiger partial charge in [0.25, 0.3) is 5.91 Å². The highest BCUT2D eigenvalue weighted by Crippen LogP contribution is 2.32. The molecule has 0 fully saturated rings. The molecule has 1 amide bonds. The highest BCUT2D eigenvalue weighted by atomic mass is 16.6. The number of carbonyl (C=O) groups is 2. The van der Waals surface area contributed by atoms with E-state index in [-0.39, 0.29) is 0 Å². The van der Waals surface area contributed by atoms with Crippen LogP contribution in [0.4, 0.5) is 11.4 Å². The molecule has 1 atom stereocenters. The minimum absolute atomic E-state index is 0.327. The monoisotopic (exact) mass is 342 g/mol. The second kappa shape index (κ2) is 7.12. The molecule has 7 heteroatoms. The third kappa shape index (κ3) is 4.00. The summed E-state index contributed by atoms with van der Waals surface area (Å²) in [5, 5.41) is 2.69. The minimum atomic E-state index is -0.960. The van der Waals surface area contributed by atoms with Crippen LogP contribution in [0.5, 0.6) is 11.5 Å². The van der Waals surface area contributed by atoms with Crippen molar-refractivity contribution in [2.24, 2.45) is 0 Å². The van der Waals surface area contributed by atoms with Crippen LogP contribution in [-0.2, 0) is 9.53 Å². The third-order valence-electron chi connectivity index (χ3n) is 3.61. The highest BCUT2D eigenvalue weighted by molar-refractivity contribution is 5.97. The van der Waals surface area contributed by atoms with Crippen molar-refractivity contribution in [1.29, 1.82) is 0 Å². The summed E-state index contributed by atoms with van der Waals surface area (Å²) in [6, 6.07) is 11.4. The molecule has 2 aromatic rings. The molecule has 0 saturated carbocycles. The zero-order valence-corrected chi connectivity index (χ0v) is 13.7. The minimum Gasteiger partial charge on any atom is -0.486 e. The van der Waals surface area contributed by atoms with Crippen molar-refractivity contribution in [3.8, 4) is 11.5 Å². The van der Waals surface area contributed by atoms with Crippen molar-refractivity contribution in [1.82, 2.24) is 0 Å². The summed E-state index contributed by atoms with van der Waals surface area (Å²) in [5.74, 6) is 0.160. The average Bonchev–Trinajstić information content (AvgIpc) is 2.62. The van der Waals surface area contributed by atoms with Gasteiger partial charge < -0.3 is 25.3 Å². The predicted molar refractivity (Wildman–Crippen MR) is 91.8 cm³/mol. The van der Waals surface area contributed by atoms with Crippen LogP contribution in [0.15, 0.2) is 42.5 Å². The van der Waals surface area contributed by atoms with Crippen LogP contribution in [0.2, 0.25) is 0 Å². The maximum absolute atomic E-state index is 12.2. The van der Waals surface area contributed by atoms with Crippen molar-refractivity contribution in [2.45, 2.75) is 13.0 Å². The lowest BCUT2D eigenvalue weighted by Crippen LogP contribution is -2.30. The molecule has 1 aliphatic heterocycles. The summed E-state index contributed by atoms with van der Waals surface area (Å²) in [5.41, 5.74) is 6.98. The molecule has 0 spiro atoms. The topological polar surface area (TPSA) is 99.9 Å². The molecule has 3 rings (SSSR count). The van der Waals surface area contributed by atoms with E-state index in [1.54, 1.807) is 42.5 Å². The molecular formula is C18H18N2O5. The molecule has 0 unspecified atom stereocenters. The van der Waals surface area contributed by atoms with Gasteiger partial charge in [0.15, 0.2) is 17.6 Å². The van der Waals surface area contributed by atoms with Gasteiger partial charge in [-0.05, 0) is 43.3 Å². The first-order chi connectivity index (χ1) is 12.0.